The highest BCUT2D eigenvalue weighted by Crippen LogP contribution is 2.01. The van der Waals surface area contributed by atoms with Crippen LogP contribution in [0.3, 0.4) is 0 Å². The third-order valence-corrected chi connectivity index (χ3v) is 2.45. The van der Waals surface area contributed by atoms with Gasteiger partial charge in [0, 0.05) is 25.0 Å². The molecular weight excluding hydrogens is 202 g/mol. The molecule has 0 aromatic carbocycles. The minimum absolute atomic E-state index is 0.0852. The monoisotopic (exact) mass is 223 g/mol. The molecule has 90 valence electrons. The van der Waals surface area contributed by atoms with Crippen LogP contribution in [0.15, 0.2) is 18.3 Å². The molecule has 0 aliphatic carbocycles. The summed E-state index contributed by atoms with van der Waals surface area (Å²) in [5.41, 5.74) is 1.13. The molecule has 0 unspecified atom stereocenters. The smallest absolute Gasteiger partial charge is 0.239 e. The summed E-state index contributed by atoms with van der Waals surface area (Å²) in [4.78, 5) is 11.6. The molecule has 4 nitrogen and oxygen atoms in total. The lowest BCUT2D eigenvalue weighted by atomic mass is 10.3. The first-order valence-electron chi connectivity index (χ1n) is 5.83. The molecule has 0 spiro atoms. The van der Waals surface area contributed by atoms with E-state index in [0.717, 1.165) is 31.6 Å². The lowest BCUT2D eigenvalue weighted by Gasteiger charge is -2.09. The number of hydrogen-bond donors (Lipinski definition) is 2. The predicted molar refractivity (Wildman–Crippen MR) is 65.1 cm³/mol. The molecule has 0 atom stereocenters. The van der Waals surface area contributed by atoms with Gasteiger partial charge >= 0.3 is 0 Å². The van der Waals surface area contributed by atoms with E-state index in [4.69, 9.17) is 0 Å². The van der Waals surface area contributed by atoms with Crippen molar-refractivity contribution in [3.8, 4) is 0 Å². The van der Waals surface area contributed by atoms with E-state index < -0.39 is 0 Å². The Labute approximate surface area is 97.0 Å². The Morgan fingerprint density at radius 3 is 3.00 bits per heavy atom. The van der Waals surface area contributed by atoms with Gasteiger partial charge < -0.3 is 15.2 Å². The summed E-state index contributed by atoms with van der Waals surface area (Å²) in [6.07, 6.45) is 4.08. The number of nitrogens with one attached hydrogen (secondary N) is 2. The van der Waals surface area contributed by atoms with Gasteiger partial charge in [-0.25, -0.2) is 0 Å². The van der Waals surface area contributed by atoms with Gasteiger partial charge in [0.05, 0.1) is 0 Å². The maximum atomic E-state index is 11.6. The number of carbonyl (C=O) groups is 1. The summed E-state index contributed by atoms with van der Waals surface area (Å²) in [5, 5.41) is 5.99. The number of rotatable bonds is 7. The van der Waals surface area contributed by atoms with Gasteiger partial charge in [0.15, 0.2) is 0 Å². The van der Waals surface area contributed by atoms with Crippen LogP contribution in [0, 0.1) is 0 Å². The molecule has 0 aliphatic rings. The van der Waals surface area contributed by atoms with Crippen LogP contribution >= 0.6 is 0 Å². The van der Waals surface area contributed by atoms with Crippen molar-refractivity contribution in [2.45, 2.75) is 32.9 Å². The molecule has 2 N–H and O–H groups in total. The molecular formula is C12H21N3O. The minimum Gasteiger partial charge on any atom is -0.355 e. The van der Waals surface area contributed by atoms with Crippen molar-refractivity contribution >= 4 is 5.91 Å². The summed E-state index contributed by atoms with van der Waals surface area (Å²) in [6, 6.07) is 3.99. The quantitative estimate of drug-likeness (QED) is 0.681. The average molecular weight is 223 g/mol. The fourth-order valence-corrected chi connectivity index (χ4v) is 1.56. The van der Waals surface area contributed by atoms with Gasteiger partial charge in [0.2, 0.25) is 5.91 Å². The maximum Gasteiger partial charge on any atom is 0.239 e. The predicted octanol–water partition coefficient (Wildman–Crippen LogP) is 1.12. The lowest BCUT2D eigenvalue weighted by molar-refractivity contribution is -0.121. The Balaban J connectivity index is 2.39. The van der Waals surface area contributed by atoms with Gasteiger partial charge in [-0.3, -0.25) is 4.79 Å². The van der Waals surface area contributed by atoms with E-state index in [-0.39, 0.29) is 5.91 Å². The first-order valence-corrected chi connectivity index (χ1v) is 5.83. The summed E-state index contributed by atoms with van der Waals surface area (Å²) in [7, 11) is 1.90. The second-order valence-electron chi connectivity index (χ2n) is 3.86. The van der Waals surface area contributed by atoms with Crippen molar-refractivity contribution < 1.29 is 4.79 Å². The normalized spacial score (nSPS) is 10.4. The first-order chi connectivity index (χ1) is 7.77. The molecule has 16 heavy (non-hydrogen) atoms. The van der Waals surface area contributed by atoms with Crippen molar-refractivity contribution in [3.05, 3.63) is 24.0 Å². The van der Waals surface area contributed by atoms with E-state index in [1.165, 1.54) is 0 Å². The van der Waals surface area contributed by atoms with Gasteiger partial charge in [0.25, 0.3) is 0 Å². The Morgan fingerprint density at radius 2 is 2.31 bits per heavy atom. The zero-order valence-electron chi connectivity index (χ0n) is 10.1. The van der Waals surface area contributed by atoms with E-state index in [1.807, 2.05) is 29.9 Å². The highest BCUT2D eigenvalue weighted by Gasteiger charge is 2.04. The molecule has 0 saturated carbocycles. The van der Waals surface area contributed by atoms with Crippen LogP contribution in [0.2, 0.25) is 0 Å². The minimum atomic E-state index is 0.0852. The Hall–Kier alpha value is -1.29. The molecule has 0 aliphatic heterocycles. The van der Waals surface area contributed by atoms with Gasteiger partial charge in [-0.1, -0.05) is 13.3 Å². The van der Waals surface area contributed by atoms with Crippen molar-refractivity contribution in [2.24, 2.45) is 0 Å². The van der Waals surface area contributed by atoms with Crippen LogP contribution in [0.1, 0.15) is 25.5 Å². The summed E-state index contributed by atoms with van der Waals surface area (Å²) < 4.78 is 1.97. The van der Waals surface area contributed by atoms with Crippen LogP contribution in [0.25, 0.3) is 0 Å². The topological polar surface area (TPSA) is 46.1 Å². The summed E-state index contributed by atoms with van der Waals surface area (Å²) >= 11 is 0. The SMILES string of the molecule is CCCCNC(=O)Cn1cccc1CNC. The standard InChI is InChI=1S/C12H21N3O/c1-3-4-7-14-12(16)10-15-8-5-6-11(15)9-13-2/h5-6,8,13H,3-4,7,9-10H2,1-2H3,(H,14,16). The number of hydrogen-bond acceptors (Lipinski definition) is 2. The van der Waals surface area contributed by atoms with Crippen molar-refractivity contribution in [1.29, 1.82) is 0 Å². The van der Waals surface area contributed by atoms with Crippen molar-refractivity contribution in [3.63, 3.8) is 0 Å². The van der Waals surface area contributed by atoms with Crippen LogP contribution in [0.5, 0.6) is 0 Å². The highest BCUT2D eigenvalue weighted by molar-refractivity contribution is 5.75. The number of nitrogens with zero attached hydrogens (tertiary/aromatic N) is 1. The van der Waals surface area contributed by atoms with Crippen LogP contribution in [-0.2, 0) is 17.9 Å². The van der Waals surface area contributed by atoms with Gasteiger partial charge in [-0.2, -0.15) is 0 Å². The van der Waals surface area contributed by atoms with Crippen molar-refractivity contribution in [1.82, 2.24) is 15.2 Å². The Bertz CT molecular complexity index is 320. The van der Waals surface area contributed by atoms with E-state index in [9.17, 15) is 4.79 Å². The fraction of sp³-hybridized carbons (Fsp3) is 0.583. The third-order valence-electron chi connectivity index (χ3n) is 2.45. The number of unbranched alkanes of at least 4 members (excludes halogenated alkanes) is 1. The molecule has 1 heterocycles. The molecule has 0 fully saturated rings. The van der Waals surface area contributed by atoms with Crippen LogP contribution in [0.4, 0.5) is 0 Å². The third kappa shape index (κ3) is 4.06. The second kappa shape index (κ2) is 7.06. The number of carbonyl (C=O) groups excluding carboxylic acids is 1. The van der Waals surface area contributed by atoms with Gasteiger partial charge in [-0.15, -0.1) is 0 Å². The van der Waals surface area contributed by atoms with Gasteiger partial charge in [0.1, 0.15) is 6.54 Å². The molecule has 0 radical (unpaired) electrons. The highest BCUT2D eigenvalue weighted by atomic mass is 16.1. The zero-order chi connectivity index (χ0) is 11.8. The van der Waals surface area contributed by atoms with E-state index in [0.29, 0.717) is 6.54 Å². The molecule has 0 bridgehead atoms. The van der Waals surface area contributed by atoms with Gasteiger partial charge in [-0.05, 0) is 25.6 Å². The Kier molecular flexibility index (Phi) is 5.64. The molecule has 1 amide bonds. The average Bonchev–Trinajstić information content (AvgIpc) is 2.67. The lowest BCUT2D eigenvalue weighted by Crippen LogP contribution is -2.29. The second-order valence-corrected chi connectivity index (χ2v) is 3.86. The molecule has 1 rings (SSSR count). The molecule has 1 aromatic heterocycles. The first kappa shape index (κ1) is 12.8. The van der Waals surface area contributed by atoms with E-state index >= 15 is 0 Å². The largest absolute Gasteiger partial charge is 0.355 e. The van der Waals surface area contributed by atoms with Crippen molar-refractivity contribution in [2.75, 3.05) is 13.6 Å². The van der Waals surface area contributed by atoms with E-state index in [2.05, 4.69) is 17.6 Å². The molecule has 1 aromatic rings. The van der Waals surface area contributed by atoms with Crippen LogP contribution < -0.4 is 10.6 Å². The van der Waals surface area contributed by atoms with Crippen LogP contribution in [-0.4, -0.2) is 24.1 Å². The van der Waals surface area contributed by atoms with E-state index in [1.54, 1.807) is 0 Å². The Morgan fingerprint density at radius 1 is 1.50 bits per heavy atom. The summed E-state index contributed by atoms with van der Waals surface area (Å²) in [6.45, 7) is 4.09. The number of amides is 1. The zero-order valence-corrected chi connectivity index (χ0v) is 10.1. The number of aromatic nitrogens is 1. The summed E-state index contributed by atoms with van der Waals surface area (Å²) in [5.74, 6) is 0.0852. The fourth-order valence-electron chi connectivity index (χ4n) is 1.56. The molecule has 0 saturated heterocycles. The molecule has 4 heteroatoms. The maximum absolute atomic E-state index is 11.6.